The number of ether oxygens (including phenoxy) is 3. The van der Waals surface area contributed by atoms with E-state index in [0.717, 1.165) is 32.1 Å². The van der Waals surface area contributed by atoms with E-state index >= 15 is 0 Å². The first-order valence-electron chi connectivity index (χ1n) is 15.5. The molecule has 0 heterocycles. The summed E-state index contributed by atoms with van der Waals surface area (Å²) in [4.78, 5) is 48.0. The Bertz CT molecular complexity index is 722. The molecule has 1 atom stereocenters. The van der Waals surface area contributed by atoms with Crippen molar-refractivity contribution >= 4 is 23.8 Å². The van der Waals surface area contributed by atoms with Crippen LogP contribution in [0.4, 0.5) is 0 Å². The molecule has 0 aromatic heterocycles. The Morgan fingerprint density at radius 3 is 1.35 bits per heavy atom. The molecule has 0 saturated heterocycles. The summed E-state index contributed by atoms with van der Waals surface area (Å²) in [6.07, 6.45) is 17.2. The Hall–Kier alpha value is -2.12. The summed E-state index contributed by atoms with van der Waals surface area (Å²) >= 11 is 0. The number of hydrogen-bond acceptors (Lipinski definition) is 7. The minimum absolute atomic E-state index is 0.0398. The van der Waals surface area contributed by atoms with Gasteiger partial charge in [-0.2, -0.15) is 0 Å². The van der Waals surface area contributed by atoms with Crippen molar-refractivity contribution in [3.8, 4) is 0 Å². The molecular formula is C32H59NO7. The van der Waals surface area contributed by atoms with Crippen molar-refractivity contribution in [3.05, 3.63) is 0 Å². The van der Waals surface area contributed by atoms with Crippen molar-refractivity contribution < 1.29 is 33.4 Å². The van der Waals surface area contributed by atoms with E-state index in [2.05, 4.69) is 10.1 Å². The molecule has 0 unspecified atom stereocenters. The monoisotopic (exact) mass is 569 g/mol. The van der Waals surface area contributed by atoms with Crippen molar-refractivity contribution in [2.75, 3.05) is 7.11 Å². The van der Waals surface area contributed by atoms with E-state index in [1.54, 1.807) is 20.8 Å². The second-order valence-corrected chi connectivity index (χ2v) is 12.8. The minimum Gasteiger partial charge on any atom is -0.469 e. The van der Waals surface area contributed by atoms with Crippen LogP contribution >= 0.6 is 0 Å². The number of amides is 1. The summed E-state index contributed by atoms with van der Waals surface area (Å²) in [6.45, 7) is 11.0. The molecule has 0 aliphatic rings. The van der Waals surface area contributed by atoms with E-state index < -0.39 is 23.6 Å². The lowest BCUT2D eigenvalue weighted by Gasteiger charge is -2.24. The number of esters is 3. The van der Waals surface area contributed by atoms with Gasteiger partial charge in [-0.3, -0.25) is 14.4 Å². The van der Waals surface area contributed by atoms with Crippen LogP contribution in [-0.2, 0) is 33.4 Å². The normalized spacial score (nSPS) is 12.5. The Kier molecular flexibility index (Phi) is 20.5. The van der Waals surface area contributed by atoms with Gasteiger partial charge in [-0.1, -0.05) is 77.0 Å². The van der Waals surface area contributed by atoms with E-state index in [0.29, 0.717) is 12.8 Å². The molecule has 40 heavy (non-hydrogen) atoms. The van der Waals surface area contributed by atoms with Crippen LogP contribution in [0.1, 0.15) is 157 Å². The lowest BCUT2D eigenvalue weighted by atomic mass is 10.0. The number of hydrogen-bond donors (Lipinski definition) is 1. The van der Waals surface area contributed by atoms with Gasteiger partial charge in [0.25, 0.3) is 0 Å². The number of nitrogens with one attached hydrogen (secondary N) is 1. The Morgan fingerprint density at radius 1 is 0.550 bits per heavy atom. The van der Waals surface area contributed by atoms with Crippen LogP contribution in [-0.4, -0.2) is 48.2 Å². The summed E-state index contributed by atoms with van der Waals surface area (Å²) in [5.41, 5.74) is -1.06. The van der Waals surface area contributed by atoms with Gasteiger partial charge in [0, 0.05) is 19.3 Å². The van der Waals surface area contributed by atoms with Gasteiger partial charge < -0.3 is 19.5 Å². The quantitative estimate of drug-likeness (QED) is 0.0825. The molecule has 0 radical (unpaired) electrons. The first kappa shape index (κ1) is 37.9. The highest BCUT2D eigenvalue weighted by atomic mass is 16.6. The second-order valence-electron chi connectivity index (χ2n) is 12.8. The maximum atomic E-state index is 12.5. The molecule has 0 saturated carbocycles. The highest BCUT2D eigenvalue weighted by Crippen LogP contribution is 2.16. The van der Waals surface area contributed by atoms with E-state index in [9.17, 15) is 19.2 Å². The number of methoxy groups -OCH3 is 1. The molecule has 1 amide bonds. The molecule has 0 aromatic rings. The fourth-order valence-electron chi connectivity index (χ4n) is 4.32. The SMILES string of the molecule is COC(=O)CC[C@H](NC(=O)CCCCCCCCCCCCCCCCC(=O)OC(C)(C)C)C(=O)OC(C)(C)C. The van der Waals surface area contributed by atoms with Gasteiger partial charge in [0.15, 0.2) is 0 Å². The fraction of sp³-hybridized carbons (Fsp3) is 0.875. The van der Waals surface area contributed by atoms with Gasteiger partial charge in [-0.05, 0) is 60.8 Å². The average Bonchev–Trinajstić information content (AvgIpc) is 2.83. The van der Waals surface area contributed by atoms with Crippen molar-refractivity contribution in [1.82, 2.24) is 5.32 Å². The lowest BCUT2D eigenvalue weighted by Crippen LogP contribution is -2.44. The third-order valence-corrected chi connectivity index (χ3v) is 6.35. The number of unbranched alkanes of at least 4 members (excludes halogenated alkanes) is 13. The lowest BCUT2D eigenvalue weighted by molar-refractivity contribution is -0.159. The zero-order valence-electron chi connectivity index (χ0n) is 26.7. The van der Waals surface area contributed by atoms with Crippen molar-refractivity contribution in [2.45, 2.75) is 174 Å². The molecule has 0 aromatic carbocycles. The van der Waals surface area contributed by atoms with Crippen LogP contribution < -0.4 is 5.32 Å². The number of carbonyl (C=O) groups is 4. The minimum atomic E-state index is -0.852. The van der Waals surface area contributed by atoms with E-state index in [-0.39, 0.29) is 30.3 Å². The highest BCUT2D eigenvalue weighted by Gasteiger charge is 2.27. The van der Waals surface area contributed by atoms with Crippen LogP contribution in [0.2, 0.25) is 0 Å². The third kappa shape index (κ3) is 24.9. The maximum Gasteiger partial charge on any atom is 0.329 e. The third-order valence-electron chi connectivity index (χ3n) is 6.35. The van der Waals surface area contributed by atoms with E-state index in [1.807, 2.05) is 20.8 Å². The molecule has 0 aliphatic carbocycles. The zero-order chi connectivity index (χ0) is 30.4. The molecule has 0 aliphatic heterocycles. The summed E-state index contributed by atoms with van der Waals surface area (Å²) in [5.74, 6) is -1.23. The second kappa shape index (κ2) is 21.6. The van der Waals surface area contributed by atoms with Crippen molar-refractivity contribution in [3.63, 3.8) is 0 Å². The van der Waals surface area contributed by atoms with Crippen LogP contribution in [0.15, 0.2) is 0 Å². The fourth-order valence-corrected chi connectivity index (χ4v) is 4.32. The Labute approximate surface area is 244 Å². The average molecular weight is 570 g/mol. The molecule has 0 fully saturated rings. The largest absolute Gasteiger partial charge is 0.469 e. The standard InChI is InChI=1S/C32H59NO7/c1-31(2,3)39-29(36)23-21-19-17-15-13-11-9-8-10-12-14-16-18-20-22-27(34)33-26(24-25-28(35)38-7)30(37)40-32(4,5)6/h26H,8-25H2,1-7H3,(H,33,34)/t26-/m0/s1. The number of rotatable bonds is 22. The Morgan fingerprint density at radius 2 is 0.950 bits per heavy atom. The van der Waals surface area contributed by atoms with Gasteiger partial charge in [-0.25, -0.2) is 4.79 Å². The van der Waals surface area contributed by atoms with E-state index in [4.69, 9.17) is 9.47 Å². The topological polar surface area (TPSA) is 108 Å². The molecule has 8 heteroatoms. The predicted octanol–water partition coefficient (Wildman–Crippen LogP) is 7.35. The number of carbonyl (C=O) groups excluding carboxylic acids is 4. The molecule has 8 nitrogen and oxygen atoms in total. The maximum absolute atomic E-state index is 12.5. The summed E-state index contributed by atoms with van der Waals surface area (Å²) in [6, 6.07) is -0.852. The van der Waals surface area contributed by atoms with Crippen molar-refractivity contribution in [1.29, 1.82) is 0 Å². The van der Waals surface area contributed by atoms with Gasteiger partial charge in [0.05, 0.1) is 7.11 Å². The zero-order valence-corrected chi connectivity index (χ0v) is 26.7. The van der Waals surface area contributed by atoms with Gasteiger partial charge in [0.2, 0.25) is 5.91 Å². The van der Waals surface area contributed by atoms with Gasteiger partial charge >= 0.3 is 17.9 Å². The highest BCUT2D eigenvalue weighted by molar-refractivity contribution is 5.85. The molecule has 0 spiro atoms. The van der Waals surface area contributed by atoms with E-state index in [1.165, 1.54) is 64.9 Å². The molecular weight excluding hydrogens is 510 g/mol. The van der Waals surface area contributed by atoms with Crippen LogP contribution in [0, 0.1) is 0 Å². The van der Waals surface area contributed by atoms with Crippen LogP contribution in [0.5, 0.6) is 0 Å². The first-order valence-corrected chi connectivity index (χ1v) is 15.5. The van der Waals surface area contributed by atoms with Gasteiger partial charge in [-0.15, -0.1) is 0 Å². The molecule has 0 bridgehead atoms. The molecule has 1 N–H and O–H groups in total. The predicted molar refractivity (Wildman–Crippen MR) is 159 cm³/mol. The first-order chi connectivity index (χ1) is 18.7. The summed E-state index contributed by atoms with van der Waals surface area (Å²) in [5, 5.41) is 2.74. The molecule has 234 valence electrons. The van der Waals surface area contributed by atoms with Crippen LogP contribution in [0.3, 0.4) is 0 Å². The van der Waals surface area contributed by atoms with Crippen molar-refractivity contribution in [2.24, 2.45) is 0 Å². The Balaban J connectivity index is 3.76. The summed E-state index contributed by atoms with van der Waals surface area (Å²) in [7, 11) is 1.30. The molecule has 0 rings (SSSR count). The van der Waals surface area contributed by atoms with Gasteiger partial charge in [0.1, 0.15) is 17.2 Å². The van der Waals surface area contributed by atoms with Crippen LogP contribution in [0.25, 0.3) is 0 Å². The smallest absolute Gasteiger partial charge is 0.329 e. The summed E-state index contributed by atoms with van der Waals surface area (Å²) < 4.78 is 15.4.